The highest BCUT2D eigenvalue weighted by Gasteiger charge is 2.12. The van der Waals surface area contributed by atoms with Crippen molar-refractivity contribution in [2.24, 2.45) is 0 Å². The molecule has 0 spiro atoms. The van der Waals surface area contributed by atoms with Crippen molar-refractivity contribution in [3.8, 4) is 0 Å². The molecule has 0 aliphatic heterocycles. The largest absolute Gasteiger partial charge is 0.349 e. The monoisotopic (exact) mass is 355 g/mol. The van der Waals surface area contributed by atoms with E-state index in [1.165, 1.54) is 23.9 Å². The number of para-hydroxylation sites is 2. The van der Waals surface area contributed by atoms with Crippen molar-refractivity contribution in [2.45, 2.75) is 24.9 Å². The Morgan fingerprint density at radius 3 is 2.44 bits per heavy atom. The van der Waals surface area contributed by atoms with Crippen molar-refractivity contribution in [1.29, 1.82) is 0 Å². The fourth-order valence-electron chi connectivity index (χ4n) is 2.46. The van der Waals surface area contributed by atoms with Crippen molar-refractivity contribution >= 4 is 28.7 Å². The van der Waals surface area contributed by atoms with Gasteiger partial charge in [0.25, 0.3) is 0 Å². The number of nitrogens with one attached hydrogen (secondary N) is 1. The fraction of sp³-hybridized carbons (Fsp3) is 0.211. The molecule has 3 aromatic rings. The Kier molecular flexibility index (Phi) is 5.28. The van der Waals surface area contributed by atoms with Gasteiger partial charge in [0, 0.05) is 0 Å². The lowest BCUT2D eigenvalue weighted by atomic mass is 10.1. The lowest BCUT2D eigenvalue weighted by Gasteiger charge is -2.14. The Labute approximate surface area is 149 Å². The molecule has 1 unspecified atom stereocenters. The summed E-state index contributed by atoms with van der Waals surface area (Å²) in [6.45, 7) is 3.76. The van der Waals surface area contributed by atoms with E-state index < -0.39 is 0 Å². The highest BCUT2D eigenvalue weighted by atomic mass is 32.2. The van der Waals surface area contributed by atoms with Gasteiger partial charge in [-0.3, -0.25) is 4.79 Å². The maximum absolute atomic E-state index is 13.0. The van der Waals surface area contributed by atoms with E-state index in [1.54, 1.807) is 12.1 Å². The number of halogens is 1. The molecule has 0 saturated carbocycles. The van der Waals surface area contributed by atoms with Crippen LogP contribution in [0.15, 0.2) is 53.6 Å². The first kappa shape index (κ1) is 17.4. The van der Waals surface area contributed by atoms with E-state index in [1.807, 2.05) is 38.1 Å². The van der Waals surface area contributed by atoms with Gasteiger partial charge in [0.15, 0.2) is 0 Å². The molecular formula is C19H18FN3OS. The first-order valence-electron chi connectivity index (χ1n) is 7.94. The number of carbonyl (C=O) groups is 1. The van der Waals surface area contributed by atoms with Crippen LogP contribution in [0.25, 0.3) is 11.0 Å². The van der Waals surface area contributed by atoms with E-state index in [2.05, 4.69) is 15.3 Å². The Bertz CT molecular complexity index is 899. The number of aryl methyl sites for hydroxylation is 1. The fourth-order valence-corrected chi connectivity index (χ4v) is 3.23. The van der Waals surface area contributed by atoms with Crippen LogP contribution in [0, 0.1) is 12.7 Å². The first-order valence-corrected chi connectivity index (χ1v) is 8.92. The Morgan fingerprint density at radius 1 is 1.12 bits per heavy atom. The number of fused-ring (bicyclic) bond motifs is 1. The SMILES string of the molecule is Cc1nc2ccccc2nc1SCC(=O)NC(C)c1ccc(F)cc1. The van der Waals surface area contributed by atoms with E-state index in [-0.39, 0.29) is 23.5 Å². The number of hydrogen-bond acceptors (Lipinski definition) is 4. The maximum Gasteiger partial charge on any atom is 0.230 e. The normalized spacial score (nSPS) is 12.1. The zero-order valence-corrected chi connectivity index (χ0v) is 14.8. The van der Waals surface area contributed by atoms with E-state index >= 15 is 0 Å². The van der Waals surface area contributed by atoms with Crippen molar-refractivity contribution in [1.82, 2.24) is 15.3 Å². The second-order valence-electron chi connectivity index (χ2n) is 5.73. The lowest BCUT2D eigenvalue weighted by molar-refractivity contribution is -0.119. The summed E-state index contributed by atoms with van der Waals surface area (Å²) in [6.07, 6.45) is 0. The summed E-state index contributed by atoms with van der Waals surface area (Å²) >= 11 is 1.36. The Hall–Kier alpha value is -2.47. The van der Waals surface area contributed by atoms with Crippen LogP contribution < -0.4 is 5.32 Å². The number of nitrogens with zero attached hydrogens (tertiary/aromatic N) is 2. The van der Waals surface area contributed by atoms with E-state index in [4.69, 9.17) is 0 Å². The zero-order valence-electron chi connectivity index (χ0n) is 14.0. The average Bonchev–Trinajstić information content (AvgIpc) is 2.60. The minimum absolute atomic E-state index is 0.101. The van der Waals surface area contributed by atoms with E-state index in [9.17, 15) is 9.18 Å². The molecule has 0 radical (unpaired) electrons. The molecule has 0 saturated heterocycles. The molecule has 1 heterocycles. The van der Waals surface area contributed by atoms with Gasteiger partial charge in [0.2, 0.25) is 5.91 Å². The Balaban J connectivity index is 1.62. The molecule has 0 fully saturated rings. The van der Waals surface area contributed by atoms with Crippen LogP contribution in [0.3, 0.4) is 0 Å². The van der Waals surface area contributed by atoms with Crippen LogP contribution in [0.1, 0.15) is 24.2 Å². The molecule has 0 bridgehead atoms. The van der Waals surface area contributed by atoms with E-state index in [0.717, 1.165) is 27.3 Å². The quantitative estimate of drug-likeness (QED) is 0.702. The molecule has 6 heteroatoms. The van der Waals surface area contributed by atoms with Crippen LogP contribution in [0.5, 0.6) is 0 Å². The minimum atomic E-state index is -0.289. The summed E-state index contributed by atoms with van der Waals surface area (Å²) in [4.78, 5) is 21.3. The van der Waals surface area contributed by atoms with Crippen LogP contribution in [-0.2, 0) is 4.79 Å². The number of aromatic nitrogens is 2. The number of hydrogen-bond donors (Lipinski definition) is 1. The van der Waals surface area contributed by atoms with Gasteiger partial charge in [-0.1, -0.05) is 36.0 Å². The average molecular weight is 355 g/mol. The number of thioether (sulfide) groups is 1. The van der Waals surface area contributed by atoms with Crippen molar-refractivity contribution in [3.63, 3.8) is 0 Å². The first-order chi connectivity index (χ1) is 12.0. The van der Waals surface area contributed by atoms with Crippen LogP contribution in [-0.4, -0.2) is 21.6 Å². The summed E-state index contributed by atoms with van der Waals surface area (Å²) in [5.41, 5.74) is 3.33. The molecule has 0 aliphatic carbocycles. The molecule has 0 aliphatic rings. The predicted molar refractivity (Wildman–Crippen MR) is 98.0 cm³/mol. The highest BCUT2D eigenvalue weighted by molar-refractivity contribution is 7.99. The molecule has 128 valence electrons. The van der Waals surface area contributed by atoms with Gasteiger partial charge < -0.3 is 5.32 Å². The smallest absolute Gasteiger partial charge is 0.230 e. The molecule has 25 heavy (non-hydrogen) atoms. The maximum atomic E-state index is 13.0. The van der Waals surface area contributed by atoms with Gasteiger partial charge in [-0.15, -0.1) is 0 Å². The van der Waals surface area contributed by atoms with Gasteiger partial charge in [-0.2, -0.15) is 0 Å². The molecule has 1 atom stereocenters. The standard InChI is InChI=1S/C19H18FN3OS/c1-12(14-7-9-15(20)10-8-14)22-18(24)11-25-19-13(2)21-16-5-3-4-6-17(16)23-19/h3-10,12H,11H2,1-2H3,(H,22,24). The predicted octanol–water partition coefficient (Wildman–Crippen LogP) is 4.05. The molecule has 1 amide bonds. The summed E-state index contributed by atoms with van der Waals surface area (Å²) < 4.78 is 13.0. The highest BCUT2D eigenvalue weighted by Crippen LogP contribution is 2.22. The van der Waals surface area contributed by atoms with Crippen molar-refractivity contribution in [2.75, 3.05) is 5.75 Å². The van der Waals surface area contributed by atoms with Crippen LogP contribution >= 0.6 is 11.8 Å². The molecule has 3 rings (SSSR count). The van der Waals surface area contributed by atoms with Gasteiger partial charge in [0.05, 0.1) is 28.5 Å². The molecule has 2 aromatic carbocycles. The molecule has 1 N–H and O–H groups in total. The summed E-state index contributed by atoms with van der Waals surface area (Å²) in [5.74, 6) is -0.140. The molecular weight excluding hydrogens is 337 g/mol. The zero-order chi connectivity index (χ0) is 17.8. The summed E-state index contributed by atoms with van der Waals surface area (Å²) in [6, 6.07) is 13.6. The number of rotatable bonds is 5. The van der Waals surface area contributed by atoms with Crippen LogP contribution in [0.4, 0.5) is 4.39 Å². The number of benzene rings is 2. The van der Waals surface area contributed by atoms with Gasteiger partial charge in [-0.05, 0) is 43.7 Å². The second-order valence-corrected chi connectivity index (χ2v) is 6.70. The second kappa shape index (κ2) is 7.61. The lowest BCUT2D eigenvalue weighted by Crippen LogP contribution is -2.28. The summed E-state index contributed by atoms with van der Waals surface area (Å²) in [7, 11) is 0. The van der Waals surface area contributed by atoms with Gasteiger partial charge >= 0.3 is 0 Å². The van der Waals surface area contributed by atoms with Gasteiger partial charge in [0.1, 0.15) is 10.8 Å². The Morgan fingerprint density at radius 2 is 1.76 bits per heavy atom. The van der Waals surface area contributed by atoms with Crippen LogP contribution in [0.2, 0.25) is 0 Å². The third kappa shape index (κ3) is 4.33. The molecule has 4 nitrogen and oxygen atoms in total. The minimum Gasteiger partial charge on any atom is -0.349 e. The molecule has 1 aromatic heterocycles. The third-order valence-corrected chi connectivity index (χ3v) is 4.86. The van der Waals surface area contributed by atoms with Crippen molar-refractivity contribution in [3.05, 3.63) is 65.6 Å². The van der Waals surface area contributed by atoms with Gasteiger partial charge in [-0.25, -0.2) is 14.4 Å². The third-order valence-electron chi connectivity index (χ3n) is 3.79. The van der Waals surface area contributed by atoms with E-state index in [0.29, 0.717) is 0 Å². The van der Waals surface area contributed by atoms with Crippen molar-refractivity contribution < 1.29 is 9.18 Å². The number of amides is 1. The number of carbonyl (C=O) groups excluding carboxylic acids is 1. The topological polar surface area (TPSA) is 54.9 Å². The summed E-state index contributed by atoms with van der Waals surface area (Å²) in [5, 5.41) is 3.67.